The number of rotatable bonds is 8. The lowest BCUT2D eigenvalue weighted by Gasteiger charge is -2.31. The first-order chi connectivity index (χ1) is 12.9. The highest BCUT2D eigenvalue weighted by Gasteiger charge is 2.27. The van der Waals surface area contributed by atoms with E-state index in [0.717, 1.165) is 6.42 Å². The van der Waals surface area contributed by atoms with Gasteiger partial charge in [0.15, 0.2) is 0 Å². The molecule has 1 aromatic carbocycles. The van der Waals surface area contributed by atoms with Gasteiger partial charge in [-0.25, -0.2) is 4.79 Å². The Morgan fingerprint density at radius 2 is 1.78 bits per heavy atom. The fourth-order valence-corrected chi connectivity index (χ4v) is 3.62. The van der Waals surface area contributed by atoms with Crippen molar-refractivity contribution in [2.24, 2.45) is 11.8 Å². The number of nitrogens with one attached hydrogen (secondary N) is 2. The molecule has 1 aliphatic heterocycles. The van der Waals surface area contributed by atoms with Crippen molar-refractivity contribution in [1.29, 1.82) is 0 Å². The fraction of sp³-hybridized carbons (Fsp3) is 0.619. The van der Waals surface area contributed by atoms with Crippen LogP contribution in [-0.4, -0.2) is 47.7 Å². The number of piperidine rings is 1. The van der Waals surface area contributed by atoms with Gasteiger partial charge in [-0.15, -0.1) is 0 Å². The van der Waals surface area contributed by atoms with Crippen molar-refractivity contribution in [1.82, 2.24) is 15.5 Å². The van der Waals surface area contributed by atoms with Gasteiger partial charge in [-0.1, -0.05) is 44.2 Å². The average Bonchev–Trinajstić information content (AvgIpc) is 2.66. The molecule has 0 spiro atoms. The number of hydrogen-bond acceptors (Lipinski definition) is 3. The second-order valence-electron chi connectivity index (χ2n) is 7.91. The molecule has 0 bridgehead atoms. The van der Waals surface area contributed by atoms with E-state index in [1.165, 1.54) is 5.56 Å². The number of carboxylic acids is 1. The first-order valence-electron chi connectivity index (χ1n) is 9.93. The minimum absolute atomic E-state index is 0.0956. The van der Waals surface area contributed by atoms with Crippen LogP contribution < -0.4 is 10.6 Å². The van der Waals surface area contributed by atoms with Gasteiger partial charge in [-0.05, 0) is 37.7 Å². The summed E-state index contributed by atoms with van der Waals surface area (Å²) in [7, 11) is 0. The molecule has 3 N–H and O–H groups in total. The van der Waals surface area contributed by atoms with Crippen LogP contribution in [0.3, 0.4) is 0 Å². The molecule has 2 rings (SSSR count). The van der Waals surface area contributed by atoms with E-state index in [2.05, 4.69) is 43.5 Å². The predicted octanol–water partition coefficient (Wildman–Crippen LogP) is 3.26. The summed E-state index contributed by atoms with van der Waals surface area (Å²) in [6.07, 6.45) is 2.03. The molecule has 0 aliphatic carbocycles. The number of nitrogens with zero attached hydrogens (tertiary/aromatic N) is 1. The Hall–Kier alpha value is -2.08. The maximum absolute atomic E-state index is 12.5. The highest BCUT2D eigenvalue weighted by atomic mass is 16.4. The number of carbonyl (C=O) groups excluding carboxylic acids is 1. The van der Waals surface area contributed by atoms with Crippen LogP contribution in [0.15, 0.2) is 30.3 Å². The fourth-order valence-electron chi connectivity index (χ4n) is 3.62. The Kier molecular flexibility index (Phi) is 8.10. The van der Waals surface area contributed by atoms with Crippen LogP contribution in [-0.2, 0) is 4.79 Å². The van der Waals surface area contributed by atoms with Crippen molar-refractivity contribution in [2.75, 3.05) is 19.6 Å². The van der Waals surface area contributed by atoms with Crippen molar-refractivity contribution in [2.45, 2.75) is 52.1 Å². The molecular weight excluding hydrogens is 342 g/mol. The third-order valence-electron chi connectivity index (χ3n) is 5.17. The second-order valence-corrected chi connectivity index (χ2v) is 7.91. The quantitative estimate of drug-likeness (QED) is 0.651. The Labute approximate surface area is 162 Å². The van der Waals surface area contributed by atoms with E-state index in [9.17, 15) is 9.59 Å². The molecule has 1 saturated heterocycles. The first-order valence-corrected chi connectivity index (χ1v) is 9.93. The molecule has 150 valence electrons. The number of aliphatic carboxylic acids is 1. The summed E-state index contributed by atoms with van der Waals surface area (Å²) < 4.78 is 0. The lowest BCUT2D eigenvalue weighted by atomic mass is 9.97. The highest BCUT2D eigenvalue weighted by Crippen LogP contribution is 2.18. The van der Waals surface area contributed by atoms with Crippen molar-refractivity contribution in [3.8, 4) is 0 Å². The van der Waals surface area contributed by atoms with E-state index in [4.69, 9.17) is 5.11 Å². The van der Waals surface area contributed by atoms with Crippen LogP contribution in [0.4, 0.5) is 4.79 Å². The minimum atomic E-state index is -0.758. The number of benzene rings is 1. The third kappa shape index (κ3) is 6.86. The zero-order valence-electron chi connectivity index (χ0n) is 16.6. The van der Waals surface area contributed by atoms with Crippen LogP contribution in [0.25, 0.3) is 0 Å². The number of carboxylic acid groups (broad SMARTS) is 1. The number of urea groups is 1. The molecule has 1 fully saturated rings. The first kappa shape index (κ1) is 21.2. The van der Waals surface area contributed by atoms with Gasteiger partial charge in [0.05, 0.1) is 5.92 Å². The summed E-state index contributed by atoms with van der Waals surface area (Å²) in [5.41, 5.74) is 1.23. The van der Waals surface area contributed by atoms with Crippen LogP contribution in [0.1, 0.15) is 51.6 Å². The predicted molar refractivity (Wildman–Crippen MR) is 107 cm³/mol. The van der Waals surface area contributed by atoms with Crippen molar-refractivity contribution in [3.05, 3.63) is 35.9 Å². The van der Waals surface area contributed by atoms with E-state index in [0.29, 0.717) is 38.4 Å². The summed E-state index contributed by atoms with van der Waals surface area (Å²) in [4.78, 5) is 25.2. The Morgan fingerprint density at radius 3 is 2.33 bits per heavy atom. The molecule has 1 aliphatic rings. The normalized spacial score (nSPS) is 17.6. The molecule has 2 unspecified atom stereocenters. The van der Waals surface area contributed by atoms with Crippen molar-refractivity contribution < 1.29 is 14.7 Å². The molecular formula is C21H33N3O3. The van der Waals surface area contributed by atoms with Crippen LogP contribution in [0.5, 0.6) is 0 Å². The topological polar surface area (TPSA) is 81.7 Å². The minimum Gasteiger partial charge on any atom is -0.481 e. The maximum atomic E-state index is 12.5. The van der Waals surface area contributed by atoms with Crippen molar-refractivity contribution in [3.63, 3.8) is 0 Å². The summed E-state index contributed by atoms with van der Waals surface area (Å²) in [6.45, 7) is 8.08. The zero-order valence-corrected chi connectivity index (χ0v) is 16.6. The van der Waals surface area contributed by atoms with E-state index in [-0.39, 0.29) is 24.0 Å². The summed E-state index contributed by atoms with van der Waals surface area (Å²) in [6, 6.07) is 10.6. The van der Waals surface area contributed by atoms with Gasteiger partial charge in [0.1, 0.15) is 0 Å². The lowest BCUT2D eigenvalue weighted by molar-refractivity contribution is -0.143. The van der Waals surface area contributed by atoms with E-state index in [1.807, 2.05) is 18.2 Å². The largest absolute Gasteiger partial charge is 0.481 e. The molecule has 2 amide bonds. The lowest BCUT2D eigenvalue weighted by Crippen LogP contribution is -2.49. The number of likely N-dealkylation sites (tertiary alicyclic amines) is 1. The van der Waals surface area contributed by atoms with Gasteiger partial charge in [-0.2, -0.15) is 0 Å². The van der Waals surface area contributed by atoms with E-state index >= 15 is 0 Å². The van der Waals surface area contributed by atoms with Gasteiger partial charge >= 0.3 is 12.0 Å². The van der Waals surface area contributed by atoms with E-state index < -0.39 is 5.97 Å². The van der Waals surface area contributed by atoms with Gasteiger partial charge in [0.2, 0.25) is 0 Å². The molecule has 0 saturated carbocycles. The molecule has 0 radical (unpaired) electrons. The van der Waals surface area contributed by atoms with Gasteiger partial charge in [0.25, 0.3) is 0 Å². The zero-order chi connectivity index (χ0) is 19.8. The standard InChI is InChI=1S/C21H33N3O3/c1-15(2)13-19(23-16(3)17-7-5-4-6-8-17)14-22-21(27)24-11-9-18(10-12-24)20(25)26/h4-8,15-16,18-19,23H,9-14H2,1-3H3,(H,22,27)(H,25,26). The maximum Gasteiger partial charge on any atom is 0.317 e. The smallest absolute Gasteiger partial charge is 0.317 e. The summed E-state index contributed by atoms with van der Waals surface area (Å²) >= 11 is 0. The SMILES string of the molecule is CC(C)CC(CNC(=O)N1CCC(C(=O)O)CC1)NC(C)c1ccccc1. The van der Waals surface area contributed by atoms with Gasteiger partial charge in [-0.3, -0.25) is 4.79 Å². The summed E-state index contributed by atoms with van der Waals surface area (Å²) in [5, 5.41) is 15.7. The van der Waals surface area contributed by atoms with Crippen molar-refractivity contribution >= 4 is 12.0 Å². The molecule has 27 heavy (non-hydrogen) atoms. The molecule has 6 nitrogen and oxygen atoms in total. The molecule has 6 heteroatoms. The van der Waals surface area contributed by atoms with Gasteiger partial charge < -0.3 is 20.6 Å². The van der Waals surface area contributed by atoms with Gasteiger partial charge in [0, 0.05) is 31.7 Å². The second kappa shape index (κ2) is 10.3. The Morgan fingerprint density at radius 1 is 1.15 bits per heavy atom. The van der Waals surface area contributed by atoms with Crippen LogP contribution in [0, 0.1) is 11.8 Å². The van der Waals surface area contributed by atoms with Crippen LogP contribution in [0.2, 0.25) is 0 Å². The summed E-state index contributed by atoms with van der Waals surface area (Å²) in [5.74, 6) is -0.559. The average molecular weight is 376 g/mol. The third-order valence-corrected chi connectivity index (χ3v) is 5.17. The number of amides is 2. The van der Waals surface area contributed by atoms with E-state index in [1.54, 1.807) is 4.90 Å². The van der Waals surface area contributed by atoms with Crippen LogP contribution >= 0.6 is 0 Å². The Balaban J connectivity index is 1.85. The number of carbonyl (C=O) groups is 2. The molecule has 1 heterocycles. The molecule has 0 aromatic heterocycles. The monoisotopic (exact) mass is 375 g/mol. The molecule has 1 aromatic rings. The molecule has 2 atom stereocenters. The number of hydrogen-bond donors (Lipinski definition) is 3. The highest BCUT2D eigenvalue weighted by molar-refractivity contribution is 5.75. The Bertz CT molecular complexity index is 598.